The number of nitrogens with zero attached hydrogens (tertiary/aromatic N) is 1. The van der Waals surface area contributed by atoms with Crippen molar-refractivity contribution in [2.24, 2.45) is 4.74 Å². The molecule has 158 valence electrons. The van der Waals surface area contributed by atoms with Crippen molar-refractivity contribution >= 4 is 31.4 Å². The minimum absolute atomic E-state index is 0.352. The summed E-state index contributed by atoms with van der Waals surface area (Å²) in [7, 11) is -2.14. The standard InChI is InChI=1S/C18H16NO10P/c1-19-30(2,28-11-7-3-5-9(15(20)21)13(11)17(24)25)29-12-8-4-6-10(16(22)23)14(12)18(26)27/h3-8H,1-2H3,(H,20,21)(H,22,23)(H,24,25)(H,26,27). The van der Waals surface area contributed by atoms with E-state index >= 15 is 0 Å². The lowest BCUT2D eigenvalue weighted by atomic mass is 10.1. The Morgan fingerprint density at radius 2 is 1.10 bits per heavy atom. The highest BCUT2D eigenvalue weighted by molar-refractivity contribution is 7.56. The van der Waals surface area contributed by atoms with Crippen molar-refractivity contribution in [3.63, 3.8) is 0 Å². The molecule has 11 nitrogen and oxygen atoms in total. The van der Waals surface area contributed by atoms with Gasteiger partial charge in [-0.25, -0.2) is 23.9 Å². The zero-order chi connectivity index (χ0) is 22.6. The van der Waals surface area contributed by atoms with Crippen LogP contribution in [-0.4, -0.2) is 58.0 Å². The summed E-state index contributed by atoms with van der Waals surface area (Å²) in [5, 5.41) is 37.3. The van der Waals surface area contributed by atoms with Gasteiger partial charge in [0, 0.05) is 13.7 Å². The maximum absolute atomic E-state index is 11.6. The molecule has 0 aliphatic rings. The third-order valence-electron chi connectivity index (χ3n) is 3.84. The molecule has 4 N–H and O–H groups in total. The molecule has 2 aromatic rings. The molecule has 0 heterocycles. The molecule has 30 heavy (non-hydrogen) atoms. The summed E-state index contributed by atoms with van der Waals surface area (Å²) in [6.45, 7) is 1.32. The van der Waals surface area contributed by atoms with Crippen molar-refractivity contribution < 1.29 is 48.7 Å². The predicted octanol–water partition coefficient (Wildman–Crippen LogP) is 3.23. The number of rotatable bonds is 8. The van der Waals surface area contributed by atoms with E-state index in [0.717, 1.165) is 12.1 Å². The molecule has 0 aliphatic carbocycles. The van der Waals surface area contributed by atoms with Crippen LogP contribution in [0.5, 0.6) is 11.5 Å². The van der Waals surface area contributed by atoms with Crippen molar-refractivity contribution in [3.8, 4) is 11.5 Å². The smallest absolute Gasteiger partial charge is 0.340 e. The van der Waals surface area contributed by atoms with Gasteiger partial charge in [-0.2, -0.15) is 0 Å². The van der Waals surface area contributed by atoms with Gasteiger partial charge in [0.2, 0.25) is 0 Å². The van der Waals surface area contributed by atoms with Crippen LogP contribution in [-0.2, 0) is 0 Å². The lowest BCUT2D eigenvalue weighted by Gasteiger charge is -2.23. The Hall–Kier alpha value is -3.85. The van der Waals surface area contributed by atoms with Crippen molar-refractivity contribution in [1.29, 1.82) is 0 Å². The van der Waals surface area contributed by atoms with Crippen LogP contribution in [0.1, 0.15) is 41.4 Å². The number of aromatic carboxylic acids is 4. The summed E-state index contributed by atoms with van der Waals surface area (Å²) in [6, 6.07) is 7.09. The average Bonchev–Trinajstić information content (AvgIpc) is 2.66. The van der Waals surface area contributed by atoms with Gasteiger partial charge in [-0.3, -0.25) is 0 Å². The van der Waals surface area contributed by atoms with Crippen molar-refractivity contribution in [3.05, 3.63) is 58.7 Å². The summed E-state index contributed by atoms with van der Waals surface area (Å²) < 4.78 is 15.2. The van der Waals surface area contributed by atoms with E-state index in [1.54, 1.807) is 0 Å². The zero-order valence-electron chi connectivity index (χ0n) is 15.6. The Morgan fingerprint density at radius 3 is 1.37 bits per heavy atom. The summed E-state index contributed by atoms with van der Waals surface area (Å²) >= 11 is 0. The molecule has 0 atom stereocenters. The minimum atomic E-state index is -3.42. The fourth-order valence-electron chi connectivity index (χ4n) is 2.48. The van der Waals surface area contributed by atoms with Crippen LogP contribution in [0.4, 0.5) is 0 Å². The maximum Gasteiger partial charge on any atom is 0.340 e. The zero-order valence-corrected chi connectivity index (χ0v) is 16.5. The highest BCUT2D eigenvalue weighted by Gasteiger charge is 2.29. The van der Waals surface area contributed by atoms with Gasteiger partial charge >= 0.3 is 31.4 Å². The first kappa shape index (κ1) is 22.4. The normalized spacial score (nSPS) is 10.7. The van der Waals surface area contributed by atoms with Gasteiger partial charge in [0.1, 0.15) is 22.6 Å². The van der Waals surface area contributed by atoms with E-state index in [-0.39, 0.29) is 11.5 Å². The van der Waals surface area contributed by atoms with Crippen LogP contribution >= 0.6 is 7.51 Å². The molecule has 0 saturated heterocycles. The van der Waals surface area contributed by atoms with E-state index in [4.69, 9.17) is 9.05 Å². The third-order valence-corrected chi connectivity index (χ3v) is 5.64. The topological polar surface area (TPSA) is 180 Å². The van der Waals surface area contributed by atoms with Crippen LogP contribution < -0.4 is 9.05 Å². The molecule has 0 aliphatic heterocycles. The number of carbonyl (C=O) groups is 4. The first-order valence-corrected chi connectivity index (χ1v) is 10.1. The fraction of sp³-hybridized carbons (Fsp3) is 0.111. The molecule has 2 aromatic carbocycles. The van der Waals surface area contributed by atoms with Crippen LogP contribution in [0.2, 0.25) is 0 Å². The van der Waals surface area contributed by atoms with Crippen LogP contribution in [0, 0.1) is 0 Å². The Bertz CT molecular complexity index is 1030. The van der Waals surface area contributed by atoms with Gasteiger partial charge in [0.15, 0.2) is 0 Å². The molecule has 0 radical (unpaired) electrons. The quantitative estimate of drug-likeness (QED) is 0.448. The van der Waals surface area contributed by atoms with Gasteiger partial charge in [0.05, 0.1) is 11.1 Å². The fourth-order valence-corrected chi connectivity index (χ4v) is 3.71. The van der Waals surface area contributed by atoms with Crippen LogP contribution in [0.3, 0.4) is 0 Å². The van der Waals surface area contributed by atoms with E-state index in [2.05, 4.69) is 4.74 Å². The Labute approximate surface area is 169 Å². The molecule has 0 amide bonds. The van der Waals surface area contributed by atoms with Crippen LogP contribution in [0.25, 0.3) is 0 Å². The predicted molar refractivity (Wildman–Crippen MR) is 103 cm³/mol. The summed E-state index contributed by atoms with van der Waals surface area (Å²) in [5.74, 6) is -6.82. The molecule has 0 bridgehead atoms. The molecule has 0 fully saturated rings. The van der Waals surface area contributed by atoms with Crippen molar-refractivity contribution in [1.82, 2.24) is 0 Å². The van der Waals surface area contributed by atoms with Crippen LogP contribution in [0.15, 0.2) is 41.1 Å². The molecular weight excluding hydrogens is 421 g/mol. The third kappa shape index (κ3) is 4.58. The van der Waals surface area contributed by atoms with Gasteiger partial charge in [-0.05, 0) is 24.3 Å². The first-order chi connectivity index (χ1) is 14.0. The van der Waals surface area contributed by atoms with Crippen molar-refractivity contribution in [2.75, 3.05) is 13.7 Å². The van der Waals surface area contributed by atoms with Gasteiger partial charge in [-0.15, -0.1) is 0 Å². The number of carboxylic acid groups (broad SMARTS) is 4. The highest BCUT2D eigenvalue weighted by Crippen LogP contribution is 2.50. The molecule has 0 unspecified atom stereocenters. The number of hydrogen-bond acceptors (Lipinski definition) is 7. The van der Waals surface area contributed by atoms with Crippen molar-refractivity contribution in [2.45, 2.75) is 0 Å². The van der Waals surface area contributed by atoms with E-state index in [9.17, 15) is 39.6 Å². The number of benzene rings is 2. The average molecular weight is 437 g/mol. The molecule has 12 heteroatoms. The minimum Gasteiger partial charge on any atom is -0.478 e. The molecular formula is C18H16NO10P. The Balaban J connectivity index is 2.57. The Morgan fingerprint density at radius 1 is 0.733 bits per heavy atom. The van der Waals surface area contributed by atoms with E-state index in [1.165, 1.54) is 38.0 Å². The second kappa shape index (κ2) is 8.66. The molecule has 0 aromatic heterocycles. The second-order valence-electron chi connectivity index (χ2n) is 5.76. The summed E-state index contributed by atoms with van der Waals surface area (Å²) in [6.07, 6.45) is 0. The number of carboxylic acids is 4. The van der Waals surface area contributed by atoms with Gasteiger partial charge in [-0.1, -0.05) is 12.1 Å². The van der Waals surface area contributed by atoms with E-state index < -0.39 is 53.6 Å². The number of hydrogen-bond donors (Lipinski definition) is 4. The lowest BCUT2D eigenvalue weighted by Crippen LogP contribution is -2.13. The molecule has 0 spiro atoms. The van der Waals surface area contributed by atoms with Gasteiger partial charge in [0.25, 0.3) is 0 Å². The molecule has 0 saturated carbocycles. The monoisotopic (exact) mass is 437 g/mol. The summed E-state index contributed by atoms with van der Waals surface area (Å²) in [4.78, 5) is 45.9. The SMILES string of the molecule is CN=P(C)(Oc1cccc(C(=O)O)c1C(=O)O)Oc1cccc(C(=O)O)c1C(=O)O. The largest absolute Gasteiger partial charge is 0.478 e. The van der Waals surface area contributed by atoms with E-state index in [1.807, 2.05) is 0 Å². The molecule has 2 rings (SSSR count). The maximum atomic E-state index is 11.6. The van der Waals surface area contributed by atoms with Gasteiger partial charge < -0.3 is 29.5 Å². The first-order valence-electron chi connectivity index (χ1n) is 8.07. The summed E-state index contributed by atoms with van der Waals surface area (Å²) in [5.41, 5.74) is -2.33. The Kier molecular flexibility index (Phi) is 6.48. The second-order valence-corrected chi connectivity index (χ2v) is 8.13. The lowest BCUT2D eigenvalue weighted by molar-refractivity contribution is 0.0649. The van der Waals surface area contributed by atoms with E-state index in [0.29, 0.717) is 0 Å². The highest BCUT2D eigenvalue weighted by atomic mass is 31.2.